The van der Waals surface area contributed by atoms with E-state index in [0.717, 1.165) is 5.56 Å². The first-order valence-corrected chi connectivity index (χ1v) is 4.95. The third kappa shape index (κ3) is 2.31. The van der Waals surface area contributed by atoms with Gasteiger partial charge in [-0.3, -0.25) is 0 Å². The molecule has 0 aliphatic heterocycles. The van der Waals surface area contributed by atoms with E-state index in [0.29, 0.717) is 17.2 Å². The molecule has 0 radical (unpaired) electrons. The lowest BCUT2D eigenvalue weighted by molar-refractivity contribution is 0.477. The minimum absolute atomic E-state index is 0.281. The lowest BCUT2D eigenvalue weighted by Crippen LogP contribution is -1.90. The minimum atomic E-state index is -0.281. The van der Waals surface area contributed by atoms with Crippen LogP contribution in [0.1, 0.15) is 5.56 Å². The van der Waals surface area contributed by atoms with Crippen molar-refractivity contribution in [3.05, 3.63) is 53.8 Å². The van der Waals surface area contributed by atoms with Gasteiger partial charge >= 0.3 is 0 Å². The highest BCUT2D eigenvalue weighted by atomic mass is 19.1. The zero-order valence-electron chi connectivity index (χ0n) is 8.91. The molecule has 2 rings (SSSR count). The molecule has 16 heavy (non-hydrogen) atoms. The number of rotatable bonds is 2. The summed E-state index contributed by atoms with van der Waals surface area (Å²) < 4.78 is 18.3. The highest BCUT2D eigenvalue weighted by Crippen LogP contribution is 2.26. The number of hydrogen-bond donors (Lipinski definition) is 1. The third-order valence-corrected chi connectivity index (χ3v) is 2.25. The molecule has 3 heteroatoms. The summed E-state index contributed by atoms with van der Waals surface area (Å²) in [6.45, 7) is 1.93. The maximum absolute atomic E-state index is 12.7. The average molecular weight is 217 g/mol. The fraction of sp³-hybridized carbons (Fsp3) is 0.0769. The Bertz CT molecular complexity index is 494. The van der Waals surface area contributed by atoms with Gasteiger partial charge in [0.15, 0.2) is 0 Å². The van der Waals surface area contributed by atoms with Crippen molar-refractivity contribution in [2.45, 2.75) is 6.92 Å². The zero-order valence-corrected chi connectivity index (χ0v) is 8.91. The number of benzene rings is 2. The molecule has 0 heterocycles. The van der Waals surface area contributed by atoms with Crippen LogP contribution in [0.5, 0.6) is 11.5 Å². The van der Waals surface area contributed by atoms with Gasteiger partial charge < -0.3 is 10.5 Å². The van der Waals surface area contributed by atoms with Gasteiger partial charge in [-0.1, -0.05) is 6.07 Å². The molecule has 0 saturated heterocycles. The van der Waals surface area contributed by atoms with Gasteiger partial charge in [0.2, 0.25) is 0 Å². The molecule has 0 aliphatic carbocycles. The zero-order chi connectivity index (χ0) is 11.5. The van der Waals surface area contributed by atoms with Gasteiger partial charge in [0.1, 0.15) is 17.3 Å². The van der Waals surface area contributed by atoms with Crippen molar-refractivity contribution >= 4 is 5.69 Å². The summed E-state index contributed by atoms with van der Waals surface area (Å²) in [5, 5.41) is 0. The Hall–Kier alpha value is -2.03. The number of nitrogen functional groups attached to an aromatic ring is 1. The molecule has 0 bridgehead atoms. The third-order valence-electron chi connectivity index (χ3n) is 2.25. The first kappa shape index (κ1) is 10.5. The van der Waals surface area contributed by atoms with Crippen LogP contribution in [0.2, 0.25) is 0 Å². The Morgan fingerprint density at radius 3 is 2.44 bits per heavy atom. The molecule has 0 aliphatic rings. The quantitative estimate of drug-likeness (QED) is 0.781. The molecular weight excluding hydrogens is 205 g/mol. The fourth-order valence-corrected chi connectivity index (χ4v) is 1.36. The van der Waals surface area contributed by atoms with Gasteiger partial charge in [-0.2, -0.15) is 0 Å². The maximum atomic E-state index is 12.7. The summed E-state index contributed by atoms with van der Waals surface area (Å²) in [5.74, 6) is 0.998. The Morgan fingerprint density at radius 2 is 1.75 bits per heavy atom. The second-order valence-corrected chi connectivity index (χ2v) is 3.58. The van der Waals surface area contributed by atoms with E-state index in [-0.39, 0.29) is 5.82 Å². The van der Waals surface area contributed by atoms with Gasteiger partial charge in [-0.15, -0.1) is 0 Å². The molecule has 0 unspecified atom stereocenters. The van der Waals surface area contributed by atoms with Gasteiger partial charge in [0.25, 0.3) is 0 Å². The summed E-state index contributed by atoms with van der Waals surface area (Å²) in [5.41, 5.74) is 7.29. The Balaban J connectivity index is 2.26. The van der Waals surface area contributed by atoms with Crippen LogP contribution < -0.4 is 10.5 Å². The molecule has 0 amide bonds. The Kier molecular flexibility index (Phi) is 2.77. The van der Waals surface area contributed by atoms with Gasteiger partial charge in [-0.05, 0) is 42.8 Å². The van der Waals surface area contributed by atoms with Crippen molar-refractivity contribution in [3.63, 3.8) is 0 Å². The van der Waals surface area contributed by atoms with Crippen molar-refractivity contribution < 1.29 is 9.13 Å². The second kappa shape index (κ2) is 4.23. The normalized spacial score (nSPS) is 10.1. The molecule has 2 nitrogen and oxygen atoms in total. The van der Waals surface area contributed by atoms with Gasteiger partial charge in [0, 0.05) is 11.8 Å². The fourth-order valence-electron chi connectivity index (χ4n) is 1.36. The van der Waals surface area contributed by atoms with Crippen molar-refractivity contribution in [2.24, 2.45) is 0 Å². The lowest BCUT2D eigenvalue weighted by Gasteiger charge is -2.09. The van der Waals surface area contributed by atoms with Crippen LogP contribution in [0.15, 0.2) is 42.5 Å². The Morgan fingerprint density at radius 1 is 1.06 bits per heavy atom. The minimum Gasteiger partial charge on any atom is -0.457 e. The SMILES string of the molecule is Cc1ccc(N)cc1Oc1ccc(F)cc1. The average Bonchev–Trinajstić information content (AvgIpc) is 2.27. The van der Waals surface area contributed by atoms with E-state index >= 15 is 0 Å². The first-order chi connectivity index (χ1) is 7.65. The molecular formula is C13H12FNO. The van der Waals surface area contributed by atoms with Crippen LogP contribution >= 0.6 is 0 Å². The van der Waals surface area contributed by atoms with Gasteiger partial charge in [-0.25, -0.2) is 4.39 Å². The highest BCUT2D eigenvalue weighted by molar-refractivity contribution is 5.49. The molecule has 2 aromatic carbocycles. The van der Waals surface area contributed by atoms with Crippen molar-refractivity contribution in [2.75, 3.05) is 5.73 Å². The maximum Gasteiger partial charge on any atom is 0.132 e. The standard InChI is InChI=1S/C13H12FNO/c1-9-2-5-11(15)8-13(9)16-12-6-3-10(14)4-7-12/h2-8H,15H2,1H3. The van der Waals surface area contributed by atoms with E-state index in [9.17, 15) is 4.39 Å². The van der Waals surface area contributed by atoms with Crippen LogP contribution in [0.25, 0.3) is 0 Å². The summed E-state index contributed by atoms with van der Waals surface area (Å²) in [4.78, 5) is 0. The smallest absolute Gasteiger partial charge is 0.132 e. The van der Waals surface area contributed by atoms with E-state index in [1.165, 1.54) is 12.1 Å². The highest BCUT2D eigenvalue weighted by Gasteiger charge is 2.02. The van der Waals surface area contributed by atoms with Crippen molar-refractivity contribution in [3.8, 4) is 11.5 Å². The molecule has 82 valence electrons. The topological polar surface area (TPSA) is 35.2 Å². The molecule has 0 fully saturated rings. The monoisotopic (exact) mass is 217 g/mol. The molecule has 2 N–H and O–H groups in total. The molecule has 0 aromatic heterocycles. The van der Waals surface area contributed by atoms with Crippen LogP contribution in [0.3, 0.4) is 0 Å². The van der Waals surface area contributed by atoms with Crippen LogP contribution in [-0.2, 0) is 0 Å². The summed E-state index contributed by atoms with van der Waals surface area (Å²) in [6.07, 6.45) is 0. The first-order valence-electron chi connectivity index (χ1n) is 4.95. The number of aryl methyl sites for hydroxylation is 1. The predicted octanol–water partition coefficient (Wildman–Crippen LogP) is 3.51. The summed E-state index contributed by atoms with van der Waals surface area (Å²) in [6, 6.07) is 11.3. The van der Waals surface area contributed by atoms with E-state index in [4.69, 9.17) is 10.5 Å². The van der Waals surface area contributed by atoms with Gasteiger partial charge in [0.05, 0.1) is 0 Å². The largest absolute Gasteiger partial charge is 0.457 e. The summed E-state index contributed by atoms with van der Waals surface area (Å²) >= 11 is 0. The predicted molar refractivity (Wildman–Crippen MR) is 62.1 cm³/mol. The number of halogens is 1. The van der Waals surface area contributed by atoms with Crippen molar-refractivity contribution in [1.29, 1.82) is 0 Å². The van der Waals surface area contributed by atoms with E-state index < -0.39 is 0 Å². The molecule has 2 aromatic rings. The van der Waals surface area contributed by atoms with E-state index in [1.807, 2.05) is 19.1 Å². The van der Waals surface area contributed by atoms with E-state index in [2.05, 4.69) is 0 Å². The number of nitrogens with two attached hydrogens (primary N) is 1. The number of hydrogen-bond acceptors (Lipinski definition) is 2. The van der Waals surface area contributed by atoms with E-state index in [1.54, 1.807) is 18.2 Å². The summed E-state index contributed by atoms with van der Waals surface area (Å²) in [7, 11) is 0. The second-order valence-electron chi connectivity index (χ2n) is 3.58. The molecule has 0 saturated carbocycles. The van der Waals surface area contributed by atoms with Crippen LogP contribution in [0.4, 0.5) is 10.1 Å². The van der Waals surface area contributed by atoms with Crippen LogP contribution in [-0.4, -0.2) is 0 Å². The molecule has 0 atom stereocenters. The lowest BCUT2D eigenvalue weighted by atomic mass is 10.2. The number of ether oxygens (including phenoxy) is 1. The van der Waals surface area contributed by atoms with Crippen LogP contribution in [0, 0.1) is 12.7 Å². The number of anilines is 1. The molecule has 0 spiro atoms. The Labute approximate surface area is 93.5 Å². The van der Waals surface area contributed by atoms with Crippen molar-refractivity contribution in [1.82, 2.24) is 0 Å².